The van der Waals surface area contributed by atoms with E-state index in [0.29, 0.717) is 15.8 Å². The molecule has 0 unspecified atom stereocenters. The number of rotatable bonds is 2. The lowest BCUT2D eigenvalue weighted by atomic mass is 9.77. The maximum atomic E-state index is 12.9. The highest BCUT2D eigenvalue weighted by molar-refractivity contribution is 6.45. The number of carbonyl (C=O) groups is 1. The lowest BCUT2D eigenvalue weighted by Crippen LogP contribution is -2.57. The zero-order chi connectivity index (χ0) is 18.0. The van der Waals surface area contributed by atoms with Gasteiger partial charge in [0.15, 0.2) is 5.75 Å². The molecular formula is C18H14Cl2N4O2. The zero-order valence-corrected chi connectivity index (χ0v) is 15.3. The predicted molar refractivity (Wildman–Crippen MR) is 97.9 cm³/mol. The van der Waals surface area contributed by atoms with Crippen LogP contribution < -0.4 is 4.74 Å². The Labute approximate surface area is 159 Å². The van der Waals surface area contributed by atoms with Crippen LogP contribution in [0, 0.1) is 0 Å². The molecule has 26 heavy (non-hydrogen) atoms. The molecule has 1 fully saturated rings. The second-order valence-electron chi connectivity index (χ2n) is 6.57. The van der Waals surface area contributed by atoms with Crippen molar-refractivity contribution in [2.45, 2.75) is 24.9 Å². The summed E-state index contributed by atoms with van der Waals surface area (Å²) < 4.78 is 5.05. The number of nitrogens with one attached hydrogen (secondary N) is 1. The predicted octanol–water partition coefficient (Wildman–Crippen LogP) is 3.79. The fourth-order valence-electron chi connectivity index (χ4n) is 4.05. The van der Waals surface area contributed by atoms with Crippen molar-refractivity contribution in [3.8, 4) is 5.75 Å². The van der Waals surface area contributed by atoms with Gasteiger partial charge in [0.2, 0.25) is 5.82 Å². The van der Waals surface area contributed by atoms with Gasteiger partial charge < -0.3 is 14.6 Å². The number of halogens is 2. The quantitative estimate of drug-likeness (QED) is 0.724. The molecule has 1 aromatic carbocycles. The number of aromatic amines is 1. The molecule has 0 aliphatic carbocycles. The number of nitrogens with zero attached hydrogens (tertiary/aromatic N) is 3. The van der Waals surface area contributed by atoms with Crippen LogP contribution in [-0.4, -0.2) is 38.9 Å². The summed E-state index contributed by atoms with van der Waals surface area (Å²) in [5.41, 5.74) is 3.10. The molecule has 4 heterocycles. The fourth-order valence-corrected chi connectivity index (χ4v) is 4.42. The molecule has 0 spiro atoms. The van der Waals surface area contributed by atoms with Gasteiger partial charge in [-0.15, -0.1) is 0 Å². The molecule has 2 aliphatic heterocycles. The van der Waals surface area contributed by atoms with Crippen LogP contribution in [-0.2, 0) is 6.42 Å². The van der Waals surface area contributed by atoms with Gasteiger partial charge in [0, 0.05) is 29.1 Å². The number of H-pyrrole nitrogens is 1. The van der Waals surface area contributed by atoms with Crippen LogP contribution in [0.5, 0.6) is 5.75 Å². The van der Waals surface area contributed by atoms with Crippen molar-refractivity contribution >= 4 is 40.0 Å². The van der Waals surface area contributed by atoms with Gasteiger partial charge in [0.25, 0.3) is 5.91 Å². The number of hydrogen-bond acceptors (Lipinski definition) is 4. The molecule has 1 amide bonds. The third-order valence-corrected chi connectivity index (χ3v) is 6.08. The molecule has 3 aromatic rings. The summed E-state index contributed by atoms with van der Waals surface area (Å²) in [7, 11) is 1.54. The van der Waals surface area contributed by atoms with Crippen molar-refractivity contribution < 1.29 is 9.53 Å². The highest BCUT2D eigenvalue weighted by Crippen LogP contribution is 2.50. The largest absolute Gasteiger partial charge is 0.494 e. The molecular weight excluding hydrogens is 375 g/mol. The first-order valence-corrected chi connectivity index (χ1v) is 9.01. The number of carbonyl (C=O) groups excluding carboxylic acids is 1. The van der Waals surface area contributed by atoms with Crippen molar-refractivity contribution in [1.82, 2.24) is 19.9 Å². The van der Waals surface area contributed by atoms with Crippen molar-refractivity contribution in [1.29, 1.82) is 0 Å². The Balaban J connectivity index is 1.54. The van der Waals surface area contributed by atoms with Crippen LogP contribution in [0.4, 0.5) is 0 Å². The zero-order valence-electron chi connectivity index (χ0n) is 13.8. The molecule has 1 saturated heterocycles. The molecule has 5 rings (SSSR count). The first-order chi connectivity index (χ1) is 12.6. The van der Waals surface area contributed by atoms with E-state index in [1.807, 2.05) is 11.0 Å². The summed E-state index contributed by atoms with van der Waals surface area (Å²) in [6.07, 6.45) is 4.71. The lowest BCUT2D eigenvalue weighted by Gasteiger charge is -2.52. The van der Waals surface area contributed by atoms with E-state index in [2.05, 4.69) is 15.0 Å². The second kappa shape index (κ2) is 5.59. The van der Waals surface area contributed by atoms with Crippen LogP contribution in [0.25, 0.3) is 10.9 Å². The van der Waals surface area contributed by atoms with E-state index < -0.39 is 0 Å². The van der Waals surface area contributed by atoms with Crippen molar-refractivity contribution in [3.63, 3.8) is 0 Å². The Kier molecular flexibility index (Phi) is 3.42. The fraction of sp³-hybridized carbons (Fsp3) is 0.278. The summed E-state index contributed by atoms with van der Waals surface area (Å²) in [5.74, 6) is 0.551. The highest BCUT2D eigenvalue weighted by atomic mass is 35.5. The average molecular weight is 389 g/mol. The van der Waals surface area contributed by atoms with Gasteiger partial charge in [-0.05, 0) is 12.5 Å². The van der Waals surface area contributed by atoms with Crippen molar-refractivity contribution in [2.75, 3.05) is 7.11 Å². The normalized spacial score (nSPS) is 20.7. The van der Waals surface area contributed by atoms with E-state index in [0.717, 1.165) is 35.0 Å². The molecule has 1 N–H and O–H groups in total. The van der Waals surface area contributed by atoms with Gasteiger partial charge in [0.05, 0.1) is 41.1 Å². The van der Waals surface area contributed by atoms with Gasteiger partial charge in [-0.2, -0.15) is 0 Å². The molecule has 8 heteroatoms. The standard InChI is InChI=1S/C18H14Cl2N4O2/c1-26-9-6-21-17(22-7-9)18(25)24-8-4-12-14(13(24)5-8)10-2-3-11(19)15(20)16(10)23-12/h2-3,6-8,13,23H,4-5H2,1H3/t8-,13-/m1/s1. The van der Waals surface area contributed by atoms with Crippen LogP contribution in [0.3, 0.4) is 0 Å². The van der Waals surface area contributed by atoms with Gasteiger partial charge in [-0.1, -0.05) is 29.3 Å². The summed E-state index contributed by atoms with van der Waals surface area (Å²) in [4.78, 5) is 26.5. The maximum absolute atomic E-state index is 12.9. The Morgan fingerprint density at radius 3 is 2.81 bits per heavy atom. The van der Waals surface area contributed by atoms with Crippen molar-refractivity contribution in [2.24, 2.45) is 0 Å². The minimum Gasteiger partial charge on any atom is -0.494 e. The first-order valence-electron chi connectivity index (χ1n) is 8.25. The Morgan fingerprint density at radius 2 is 2.08 bits per heavy atom. The van der Waals surface area contributed by atoms with E-state index in [9.17, 15) is 4.79 Å². The SMILES string of the molecule is COc1cnc(C(=O)N2[C@@H]3Cc4[nH]c5c(Cl)c(Cl)ccc5c4[C@H]2C3)nc1. The Morgan fingerprint density at radius 1 is 1.31 bits per heavy atom. The lowest BCUT2D eigenvalue weighted by molar-refractivity contribution is 0.00563. The first kappa shape index (κ1) is 15.9. The van der Waals surface area contributed by atoms with Crippen LogP contribution in [0.15, 0.2) is 24.5 Å². The third kappa shape index (κ3) is 2.09. The minimum atomic E-state index is -0.158. The topological polar surface area (TPSA) is 71.1 Å². The number of aromatic nitrogens is 3. The number of amides is 1. The van der Waals surface area contributed by atoms with E-state index in [4.69, 9.17) is 27.9 Å². The highest BCUT2D eigenvalue weighted by Gasteiger charge is 2.49. The molecule has 132 valence electrons. The van der Waals surface area contributed by atoms with Gasteiger partial charge in [0.1, 0.15) is 0 Å². The average Bonchev–Trinajstić information content (AvgIpc) is 3.04. The van der Waals surface area contributed by atoms with Crippen LogP contribution in [0.1, 0.15) is 34.3 Å². The van der Waals surface area contributed by atoms with Crippen molar-refractivity contribution in [3.05, 3.63) is 51.7 Å². The van der Waals surface area contributed by atoms with E-state index in [1.54, 1.807) is 6.07 Å². The van der Waals surface area contributed by atoms with E-state index in [1.165, 1.54) is 19.5 Å². The maximum Gasteiger partial charge on any atom is 0.292 e. The third-order valence-electron chi connectivity index (χ3n) is 5.27. The summed E-state index contributed by atoms with van der Waals surface area (Å²) in [6, 6.07) is 3.91. The number of ether oxygens (including phenoxy) is 1. The Hall–Kier alpha value is -2.31. The van der Waals surface area contributed by atoms with Crippen LogP contribution >= 0.6 is 23.2 Å². The summed E-state index contributed by atoms with van der Waals surface area (Å²) in [6.45, 7) is 0. The molecule has 0 radical (unpaired) electrons. The number of hydrogen-bond donors (Lipinski definition) is 1. The molecule has 2 aromatic heterocycles. The van der Waals surface area contributed by atoms with Gasteiger partial charge >= 0.3 is 0 Å². The number of fused-ring (bicyclic) bond motifs is 6. The molecule has 2 bridgehead atoms. The minimum absolute atomic E-state index is 0.00736. The van der Waals surface area contributed by atoms with Gasteiger partial charge in [-0.3, -0.25) is 4.79 Å². The molecule has 2 atom stereocenters. The van der Waals surface area contributed by atoms with Crippen LogP contribution in [0.2, 0.25) is 10.0 Å². The van der Waals surface area contributed by atoms with E-state index >= 15 is 0 Å². The summed E-state index contributed by atoms with van der Waals surface area (Å²) >= 11 is 12.5. The molecule has 0 saturated carbocycles. The smallest absolute Gasteiger partial charge is 0.292 e. The molecule has 6 nitrogen and oxygen atoms in total. The van der Waals surface area contributed by atoms with E-state index in [-0.39, 0.29) is 23.8 Å². The summed E-state index contributed by atoms with van der Waals surface area (Å²) in [5, 5.41) is 2.06. The number of benzene rings is 1. The molecule has 2 aliphatic rings. The Bertz CT molecular complexity index is 1050. The second-order valence-corrected chi connectivity index (χ2v) is 7.35. The monoisotopic (exact) mass is 388 g/mol. The van der Waals surface area contributed by atoms with Gasteiger partial charge in [-0.25, -0.2) is 9.97 Å². The number of methoxy groups -OCH3 is 1.